The fraction of sp³-hybridized carbons (Fsp3) is 0.579. The smallest absolute Gasteiger partial charge is 0.0314 e. The zero-order valence-corrected chi connectivity index (χ0v) is 38.1. The SMILES string of the molecule is CCCCCCCCCC(c1ccc(N)cc1)c1ccc(CCCCCCCCCCCCCc2ccc(C(CCCCCCCCC)c3ccc(N)cc3)cc2)cc1. The summed E-state index contributed by atoms with van der Waals surface area (Å²) in [6, 6.07) is 36.5. The van der Waals surface area contributed by atoms with Crippen molar-refractivity contribution in [1.29, 1.82) is 0 Å². The maximum atomic E-state index is 6.04. The molecular formula is C57H86N2. The molecule has 324 valence electrons. The lowest BCUT2D eigenvalue weighted by molar-refractivity contribution is 0.545. The number of nitrogen functional groups attached to an aromatic ring is 2. The quantitative estimate of drug-likeness (QED) is 0.0365. The normalized spacial score (nSPS) is 12.5. The molecule has 2 unspecified atom stereocenters. The fourth-order valence-corrected chi connectivity index (χ4v) is 9.20. The molecule has 2 heteroatoms. The molecule has 0 aliphatic heterocycles. The van der Waals surface area contributed by atoms with Gasteiger partial charge in [0.15, 0.2) is 0 Å². The molecule has 0 aliphatic carbocycles. The molecule has 0 aromatic heterocycles. The van der Waals surface area contributed by atoms with Crippen molar-refractivity contribution in [2.45, 2.75) is 212 Å². The van der Waals surface area contributed by atoms with E-state index in [-0.39, 0.29) is 0 Å². The first-order valence-corrected chi connectivity index (χ1v) is 25.0. The molecule has 0 amide bonds. The lowest BCUT2D eigenvalue weighted by atomic mass is 9.86. The molecule has 2 nitrogen and oxygen atoms in total. The van der Waals surface area contributed by atoms with E-state index in [2.05, 4.69) is 111 Å². The summed E-state index contributed by atoms with van der Waals surface area (Å²) in [6.45, 7) is 4.59. The fourth-order valence-electron chi connectivity index (χ4n) is 9.20. The third-order valence-electron chi connectivity index (χ3n) is 13.1. The summed E-state index contributed by atoms with van der Waals surface area (Å²) in [4.78, 5) is 0. The van der Waals surface area contributed by atoms with E-state index in [9.17, 15) is 0 Å². The summed E-state index contributed by atoms with van der Waals surface area (Å²) in [7, 11) is 0. The summed E-state index contributed by atoms with van der Waals surface area (Å²) in [5.41, 5.74) is 22.5. The molecule has 2 atom stereocenters. The van der Waals surface area contributed by atoms with Crippen LogP contribution in [0.2, 0.25) is 0 Å². The maximum Gasteiger partial charge on any atom is 0.0314 e. The van der Waals surface area contributed by atoms with Gasteiger partial charge in [-0.2, -0.15) is 0 Å². The molecule has 0 saturated carbocycles. The average molecular weight is 799 g/mol. The number of unbranched alkanes of at least 4 members (excludes halogenated alkanes) is 22. The number of rotatable bonds is 34. The van der Waals surface area contributed by atoms with Crippen molar-refractivity contribution in [3.8, 4) is 0 Å². The van der Waals surface area contributed by atoms with E-state index in [1.54, 1.807) is 0 Å². The van der Waals surface area contributed by atoms with Crippen LogP contribution in [0.1, 0.15) is 232 Å². The van der Waals surface area contributed by atoms with E-state index in [0.29, 0.717) is 11.8 Å². The number of benzene rings is 4. The predicted octanol–water partition coefficient (Wildman–Crippen LogP) is 17.5. The Morgan fingerprint density at radius 2 is 0.525 bits per heavy atom. The van der Waals surface area contributed by atoms with Crippen LogP contribution in [0.5, 0.6) is 0 Å². The molecule has 4 aromatic carbocycles. The van der Waals surface area contributed by atoms with Gasteiger partial charge >= 0.3 is 0 Å². The lowest BCUT2D eigenvalue weighted by Crippen LogP contribution is -2.02. The largest absolute Gasteiger partial charge is 0.399 e. The first-order valence-electron chi connectivity index (χ1n) is 25.0. The van der Waals surface area contributed by atoms with Gasteiger partial charge in [0.25, 0.3) is 0 Å². The van der Waals surface area contributed by atoms with E-state index in [4.69, 9.17) is 11.5 Å². The Morgan fingerprint density at radius 1 is 0.288 bits per heavy atom. The number of hydrogen-bond acceptors (Lipinski definition) is 2. The van der Waals surface area contributed by atoms with Crippen molar-refractivity contribution in [1.82, 2.24) is 0 Å². The van der Waals surface area contributed by atoms with Gasteiger partial charge < -0.3 is 11.5 Å². The third-order valence-corrected chi connectivity index (χ3v) is 13.1. The highest BCUT2D eigenvalue weighted by atomic mass is 14.5. The molecule has 4 N–H and O–H groups in total. The Balaban J connectivity index is 1.03. The van der Waals surface area contributed by atoms with Gasteiger partial charge in [0, 0.05) is 23.2 Å². The Morgan fingerprint density at radius 3 is 0.814 bits per heavy atom. The van der Waals surface area contributed by atoms with Crippen LogP contribution in [0.3, 0.4) is 0 Å². The van der Waals surface area contributed by atoms with Crippen LogP contribution in [0.25, 0.3) is 0 Å². The van der Waals surface area contributed by atoms with Crippen molar-refractivity contribution in [3.63, 3.8) is 0 Å². The molecule has 0 saturated heterocycles. The van der Waals surface area contributed by atoms with Gasteiger partial charge in [0.2, 0.25) is 0 Å². The van der Waals surface area contributed by atoms with Crippen molar-refractivity contribution in [2.24, 2.45) is 0 Å². The van der Waals surface area contributed by atoms with Crippen LogP contribution in [0.4, 0.5) is 11.4 Å². The standard InChI is InChI=1S/C57H86N2/c1-3-5-7-9-16-22-26-30-56(52-40-44-54(58)45-41-52)50-36-32-48(33-37-50)28-24-20-18-14-12-11-13-15-19-21-25-29-49-34-38-51(39-35-49)57(53-42-46-55(59)47-43-53)31-27-23-17-10-8-6-4-2/h32-47,56-57H,3-31,58-59H2,1-2H3. The van der Waals surface area contributed by atoms with Crippen LogP contribution >= 0.6 is 0 Å². The Bertz CT molecular complexity index is 1450. The molecule has 0 spiro atoms. The van der Waals surface area contributed by atoms with E-state index in [0.717, 1.165) is 11.4 Å². The van der Waals surface area contributed by atoms with Crippen LogP contribution in [0, 0.1) is 0 Å². The molecule has 0 fully saturated rings. The monoisotopic (exact) mass is 799 g/mol. The van der Waals surface area contributed by atoms with Gasteiger partial charge in [-0.05, 0) is 96.2 Å². The van der Waals surface area contributed by atoms with Gasteiger partial charge in [-0.25, -0.2) is 0 Å². The van der Waals surface area contributed by atoms with Crippen LogP contribution in [-0.4, -0.2) is 0 Å². The van der Waals surface area contributed by atoms with Crippen LogP contribution < -0.4 is 11.5 Å². The highest BCUT2D eigenvalue weighted by molar-refractivity contribution is 5.44. The number of nitrogens with two attached hydrogens (primary N) is 2. The summed E-state index contributed by atoms with van der Waals surface area (Å²) in [5, 5.41) is 0. The molecule has 0 heterocycles. The van der Waals surface area contributed by atoms with Gasteiger partial charge in [-0.15, -0.1) is 0 Å². The molecule has 0 bridgehead atoms. The van der Waals surface area contributed by atoms with E-state index in [1.807, 2.05) is 0 Å². The Kier molecular flexibility index (Phi) is 24.9. The van der Waals surface area contributed by atoms with Gasteiger partial charge in [0.05, 0.1) is 0 Å². The van der Waals surface area contributed by atoms with Gasteiger partial charge in [-0.3, -0.25) is 0 Å². The predicted molar refractivity (Wildman–Crippen MR) is 262 cm³/mol. The zero-order valence-electron chi connectivity index (χ0n) is 38.1. The maximum absolute atomic E-state index is 6.04. The highest BCUT2D eigenvalue weighted by Crippen LogP contribution is 2.33. The third kappa shape index (κ3) is 20.1. The Hall–Kier alpha value is -3.52. The molecule has 0 aliphatic rings. The second-order valence-corrected chi connectivity index (χ2v) is 18.1. The van der Waals surface area contributed by atoms with Crippen molar-refractivity contribution in [2.75, 3.05) is 11.5 Å². The summed E-state index contributed by atoms with van der Waals surface area (Å²) in [6.07, 6.45) is 39.0. The molecule has 59 heavy (non-hydrogen) atoms. The average Bonchev–Trinajstić information content (AvgIpc) is 3.26. The van der Waals surface area contributed by atoms with E-state index in [1.165, 1.54) is 220 Å². The molecule has 0 radical (unpaired) electrons. The summed E-state index contributed by atoms with van der Waals surface area (Å²) < 4.78 is 0. The first kappa shape index (κ1) is 48.1. The minimum atomic E-state index is 0.466. The van der Waals surface area contributed by atoms with Crippen molar-refractivity contribution < 1.29 is 0 Å². The summed E-state index contributed by atoms with van der Waals surface area (Å²) in [5.74, 6) is 0.932. The minimum Gasteiger partial charge on any atom is -0.399 e. The van der Waals surface area contributed by atoms with Crippen molar-refractivity contribution in [3.05, 3.63) is 130 Å². The minimum absolute atomic E-state index is 0.466. The van der Waals surface area contributed by atoms with Gasteiger partial charge in [0.1, 0.15) is 0 Å². The van der Waals surface area contributed by atoms with Crippen LogP contribution in [-0.2, 0) is 12.8 Å². The lowest BCUT2D eigenvalue weighted by Gasteiger charge is -2.19. The van der Waals surface area contributed by atoms with Crippen LogP contribution in [0.15, 0.2) is 97.1 Å². The summed E-state index contributed by atoms with van der Waals surface area (Å²) >= 11 is 0. The number of hydrogen-bond donors (Lipinski definition) is 2. The molecule has 4 aromatic rings. The highest BCUT2D eigenvalue weighted by Gasteiger charge is 2.16. The van der Waals surface area contributed by atoms with E-state index >= 15 is 0 Å². The molecule has 4 rings (SSSR count). The zero-order chi connectivity index (χ0) is 41.6. The van der Waals surface area contributed by atoms with Gasteiger partial charge in [-0.1, -0.05) is 234 Å². The second-order valence-electron chi connectivity index (χ2n) is 18.1. The van der Waals surface area contributed by atoms with Crippen molar-refractivity contribution >= 4 is 11.4 Å². The number of anilines is 2. The molecular weight excluding hydrogens is 713 g/mol. The first-order chi connectivity index (χ1) is 29.1. The van der Waals surface area contributed by atoms with E-state index < -0.39 is 0 Å². The Labute approximate surface area is 363 Å². The topological polar surface area (TPSA) is 52.0 Å². The second kappa shape index (κ2) is 30.5. The number of aryl methyl sites for hydroxylation is 2.